The van der Waals surface area contributed by atoms with Crippen LogP contribution in [0.3, 0.4) is 0 Å². The van der Waals surface area contributed by atoms with Gasteiger partial charge in [0, 0.05) is 5.02 Å². The number of ether oxygens (including phenoxy) is 1. The number of benzene rings is 1. The topological polar surface area (TPSA) is 69.4 Å². The second-order valence-corrected chi connectivity index (χ2v) is 7.94. The predicted octanol–water partition coefficient (Wildman–Crippen LogP) is 2.65. The Labute approximate surface area is 118 Å². The van der Waals surface area contributed by atoms with Crippen molar-refractivity contribution >= 4 is 27.1 Å². The summed E-state index contributed by atoms with van der Waals surface area (Å²) in [5, 5.41) is 0.362. The van der Waals surface area contributed by atoms with Crippen molar-refractivity contribution in [3.63, 3.8) is 0 Å². The minimum absolute atomic E-state index is 0.0546. The summed E-state index contributed by atoms with van der Waals surface area (Å²) in [5.74, 6) is -0.0546. The van der Waals surface area contributed by atoms with E-state index in [1.54, 1.807) is 6.07 Å². The first-order valence-electron chi connectivity index (χ1n) is 6.15. The lowest BCUT2D eigenvalue weighted by molar-refractivity contribution is -0.00527. The third-order valence-corrected chi connectivity index (χ3v) is 5.34. The van der Waals surface area contributed by atoms with Gasteiger partial charge in [-0.3, -0.25) is 0 Å². The lowest BCUT2D eigenvalue weighted by Crippen LogP contribution is -2.25. The van der Waals surface area contributed by atoms with E-state index in [1.165, 1.54) is 12.1 Å². The van der Waals surface area contributed by atoms with Gasteiger partial charge in [0.15, 0.2) is 9.84 Å². The summed E-state index contributed by atoms with van der Waals surface area (Å²) >= 11 is 5.83. The van der Waals surface area contributed by atoms with Crippen molar-refractivity contribution in [2.75, 3.05) is 11.5 Å². The highest BCUT2D eigenvalue weighted by Crippen LogP contribution is 2.32. The molecule has 1 fully saturated rings. The van der Waals surface area contributed by atoms with Gasteiger partial charge in [0.1, 0.15) is 0 Å². The Bertz CT molecular complexity index is 584. The Morgan fingerprint density at radius 2 is 2.16 bits per heavy atom. The zero-order valence-electron chi connectivity index (χ0n) is 11.0. The van der Waals surface area contributed by atoms with Crippen LogP contribution in [0.4, 0.5) is 5.69 Å². The summed E-state index contributed by atoms with van der Waals surface area (Å²) in [6, 6.07) is 4.48. The van der Waals surface area contributed by atoms with E-state index in [-0.39, 0.29) is 28.0 Å². The first kappa shape index (κ1) is 14.6. The van der Waals surface area contributed by atoms with Crippen molar-refractivity contribution in [3.8, 4) is 0 Å². The molecule has 1 atom stereocenters. The van der Waals surface area contributed by atoms with Crippen LogP contribution in [0, 0.1) is 0 Å². The van der Waals surface area contributed by atoms with E-state index >= 15 is 0 Å². The second-order valence-electron chi connectivity index (χ2n) is 5.50. The van der Waals surface area contributed by atoms with Crippen LogP contribution in [0.2, 0.25) is 5.02 Å². The number of rotatable bonds is 3. The van der Waals surface area contributed by atoms with Crippen molar-refractivity contribution in [2.24, 2.45) is 0 Å². The van der Waals surface area contributed by atoms with Crippen molar-refractivity contribution in [1.82, 2.24) is 0 Å². The van der Waals surface area contributed by atoms with E-state index in [0.29, 0.717) is 5.02 Å². The highest BCUT2D eigenvalue weighted by atomic mass is 35.5. The molecule has 4 nitrogen and oxygen atoms in total. The van der Waals surface area contributed by atoms with Crippen molar-refractivity contribution in [2.45, 2.75) is 43.3 Å². The van der Waals surface area contributed by atoms with Gasteiger partial charge >= 0.3 is 0 Å². The molecule has 6 heteroatoms. The Kier molecular flexibility index (Phi) is 3.82. The number of hydrogen-bond acceptors (Lipinski definition) is 4. The molecular weight excluding hydrogens is 286 g/mol. The van der Waals surface area contributed by atoms with E-state index in [0.717, 1.165) is 12.8 Å². The Morgan fingerprint density at radius 3 is 2.74 bits per heavy atom. The molecule has 106 valence electrons. The van der Waals surface area contributed by atoms with Crippen LogP contribution in [-0.4, -0.2) is 25.9 Å². The summed E-state index contributed by atoms with van der Waals surface area (Å²) in [6.07, 6.45) is 1.32. The van der Waals surface area contributed by atoms with Crippen LogP contribution in [0.25, 0.3) is 0 Å². The van der Waals surface area contributed by atoms with Crippen molar-refractivity contribution < 1.29 is 13.2 Å². The van der Waals surface area contributed by atoms with E-state index in [4.69, 9.17) is 22.1 Å². The zero-order valence-corrected chi connectivity index (χ0v) is 12.6. The van der Waals surface area contributed by atoms with Gasteiger partial charge < -0.3 is 10.5 Å². The van der Waals surface area contributed by atoms with Gasteiger partial charge in [0.05, 0.1) is 28.0 Å². The number of halogens is 1. The van der Waals surface area contributed by atoms with E-state index in [2.05, 4.69) is 0 Å². The molecule has 2 rings (SSSR count). The Balaban J connectivity index is 2.22. The van der Waals surface area contributed by atoms with E-state index < -0.39 is 9.84 Å². The van der Waals surface area contributed by atoms with Crippen LogP contribution in [-0.2, 0) is 14.6 Å². The summed E-state index contributed by atoms with van der Waals surface area (Å²) in [4.78, 5) is 0.0910. The molecule has 0 radical (unpaired) electrons. The molecule has 0 amide bonds. The average Bonchev–Trinajstić information content (AvgIpc) is 2.60. The summed E-state index contributed by atoms with van der Waals surface area (Å²) in [6.45, 7) is 3.93. The summed E-state index contributed by atoms with van der Waals surface area (Å²) in [5.41, 5.74) is 5.70. The Morgan fingerprint density at radius 1 is 1.47 bits per heavy atom. The van der Waals surface area contributed by atoms with Gasteiger partial charge in [-0.05, 0) is 44.9 Å². The third kappa shape index (κ3) is 3.41. The molecule has 1 aromatic rings. The molecule has 0 aromatic heterocycles. The van der Waals surface area contributed by atoms with Gasteiger partial charge in [-0.25, -0.2) is 8.42 Å². The monoisotopic (exact) mass is 303 g/mol. The first-order chi connectivity index (χ1) is 8.70. The average molecular weight is 304 g/mol. The zero-order chi connectivity index (χ0) is 14.3. The van der Waals surface area contributed by atoms with E-state index in [9.17, 15) is 8.42 Å². The van der Waals surface area contributed by atoms with Gasteiger partial charge in [-0.1, -0.05) is 11.6 Å². The maximum atomic E-state index is 12.4. The molecule has 0 spiro atoms. The van der Waals surface area contributed by atoms with Crippen LogP contribution in [0.5, 0.6) is 0 Å². The molecule has 19 heavy (non-hydrogen) atoms. The minimum Gasteiger partial charge on any atom is -0.398 e. The number of nitrogens with two attached hydrogens (primary N) is 1. The molecule has 1 unspecified atom stereocenters. The lowest BCUT2D eigenvalue weighted by atomic mass is 10.1. The number of sulfone groups is 1. The fourth-order valence-electron chi connectivity index (χ4n) is 2.31. The fraction of sp³-hybridized carbons (Fsp3) is 0.538. The molecule has 1 saturated heterocycles. The standard InChI is InChI=1S/C13H18ClNO3S/c1-13(2)6-5-10(18-13)8-19(16,17)12-7-9(14)3-4-11(12)15/h3-4,7,10H,5-6,8,15H2,1-2H3. The lowest BCUT2D eigenvalue weighted by Gasteiger charge is -2.19. The molecule has 0 aliphatic carbocycles. The number of hydrogen-bond donors (Lipinski definition) is 1. The van der Waals surface area contributed by atoms with Gasteiger partial charge in [0.25, 0.3) is 0 Å². The summed E-state index contributed by atoms with van der Waals surface area (Å²) < 4.78 is 30.4. The smallest absolute Gasteiger partial charge is 0.183 e. The normalized spacial score (nSPS) is 22.6. The largest absolute Gasteiger partial charge is 0.398 e. The highest BCUT2D eigenvalue weighted by Gasteiger charge is 2.35. The van der Waals surface area contributed by atoms with Crippen molar-refractivity contribution in [3.05, 3.63) is 23.2 Å². The molecule has 1 aliphatic rings. The van der Waals surface area contributed by atoms with Crippen molar-refractivity contribution in [1.29, 1.82) is 0 Å². The predicted molar refractivity (Wildman–Crippen MR) is 76.1 cm³/mol. The number of nitrogen functional groups attached to an aromatic ring is 1. The molecule has 1 heterocycles. The maximum absolute atomic E-state index is 12.4. The molecule has 2 N–H and O–H groups in total. The molecule has 0 saturated carbocycles. The summed E-state index contributed by atoms with van der Waals surface area (Å²) in [7, 11) is -3.48. The van der Waals surface area contributed by atoms with E-state index in [1.807, 2.05) is 13.8 Å². The quantitative estimate of drug-likeness (QED) is 0.872. The highest BCUT2D eigenvalue weighted by molar-refractivity contribution is 7.91. The van der Waals surface area contributed by atoms with Crippen LogP contribution in [0.1, 0.15) is 26.7 Å². The SMILES string of the molecule is CC1(C)CCC(CS(=O)(=O)c2cc(Cl)ccc2N)O1. The molecule has 1 aliphatic heterocycles. The van der Waals surface area contributed by atoms with Crippen LogP contribution in [0.15, 0.2) is 23.1 Å². The molecular formula is C13H18ClNO3S. The first-order valence-corrected chi connectivity index (χ1v) is 8.18. The molecule has 0 bridgehead atoms. The van der Waals surface area contributed by atoms with Crippen LogP contribution >= 0.6 is 11.6 Å². The second kappa shape index (κ2) is 4.96. The minimum atomic E-state index is -3.48. The van der Waals surface area contributed by atoms with Gasteiger partial charge in [0.2, 0.25) is 0 Å². The molecule has 1 aromatic carbocycles. The Hall–Kier alpha value is -0.780. The third-order valence-electron chi connectivity index (χ3n) is 3.27. The maximum Gasteiger partial charge on any atom is 0.183 e. The number of anilines is 1. The fourth-order valence-corrected chi connectivity index (χ4v) is 4.18. The van der Waals surface area contributed by atoms with Crippen LogP contribution < -0.4 is 5.73 Å². The van der Waals surface area contributed by atoms with Gasteiger partial charge in [-0.15, -0.1) is 0 Å². The van der Waals surface area contributed by atoms with Gasteiger partial charge in [-0.2, -0.15) is 0 Å².